The van der Waals surface area contributed by atoms with Gasteiger partial charge in [-0.1, -0.05) is 6.07 Å². The van der Waals surface area contributed by atoms with Crippen LogP contribution < -0.4 is 0 Å². The summed E-state index contributed by atoms with van der Waals surface area (Å²) in [6, 6.07) is 3.65. The Morgan fingerprint density at radius 3 is 2.50 bits per heavy atom. The Bertz CT molecular complexity index is 466. The van der Waals surface area contributed by atoms with E-state index in [0.29, 0.717) is 5.56 Å². The molecule has 0 aliphatic carbocycles. The molecule has 0 unspecified atom stereocenters. The number of carbonyl (C=O) groups excluding carboxylic acids is 1. The summed E-state index contributed by atoms with van der Waals surface area (Å²) in [7, 11) is 0. The second-order valence-electron chi connectivity index (χ2n) is 3.29. The third-order valence-corrected chi connectivity index (χ3v) is 1.94. The van der Waals surface area contributed by atoms with Crippen molar-refractivity contribution >= 4 is 17.4 Å². The molecule has 0 saturated carbocycles. The molecule has 6 heteroatoms. The molecule has 0 amide bonds. The molecule has 0 saturated heterocycles. The molecule has 1 aromatic rings. The lowest BCUT2D eigenvalue weighted by Gasteiger charge is -2.01. The Labute approximate surface area is 90.7 Å². The Hall–Kier alpha value is -2.24. The number of ketones is 1. The fraction of sp³-hybridized carbons (Fsp3) is 0.200. The van der Waals surface area contributed by atoms with Crippen molar-refractivity contribution in [3.05, 3.63) is 39.4 Å². The number of hydrogen-bond acceptors (Lipinski definition) is 4. The van der Waals surface area contributed by atoms with Gasteiger partial charge in [0.2, 0.25) is 0 Å². The Morgan fingerprint density at radius 1 is 1.44 bits per heavy atom. The van der Waals surface area contributed by atoms with Gasteiger partial charge in [-0.3, -0.25) is 14.9 Å². The van der Waals surface area contributed by atoms with Crippen LogP contribution in [0, 0.1) is 10.1 Å². The number of hydrogen-bond donors (Lipinski definition) is 1. The first-order valence-corrected chi connectivity index (χ1v) is 4.42. The number of benzene rings is 1. The SMILES string of the molecule is CC(=O)Cc1ccc(C(=O)O)c([N+](=O)[O-])c1. The summed E-state index contributed by atoms with van der Waals surface area (Å²) in [5.41, 5.74) is -0.437. The number of nitro benzene ring substituents is 1. The lowest BCUT2D eigenvalue weighted by Crippen LogP contribution is -2.04. The van der Waals surface area contributed by atoms with Crippen molar-refractivity contribution < 1.29 is 19.6 Å². The summed E-state index contributed by atoms with van der Waals surface area (Å²) in [5, 5.41) is 19.3. The summed E-state index contributed by atoms with van der Waals surface area (Å²) < 4.78 is 0. The molecule has 0 atom stereocenters. The van der Waals surface area contributed by atoms with Crippen LogP contribution in [-0.4, -0.2) is 21.8 Å². The first kappa shape index (κ1) is 11.8. The molecular formula is C10H9NO5. The van der Waals surface area contributed by atoms with Crippen molar-refractivity contribution in [2.75, 3.05) is 0 Å². The van der Waals surface area contributed by atoms with E-state index in [2.05, 4.69) is 0 Å². The molecule has 0 aromatic heterocycles. The van der Waals surface area contributed by atoms with Gasteiger partial charge in [-0.25, -0.2) is 4.79 Å². The van der Waals surface area contributed by atoms with E-state index >= 15 is 0 Å². The molecule has 6 nitrogen and oxygen atoms in total. The maximum atomic E-state index is 10.8. The predicted molar refractivity (Wildman–Crippen MR) is 54.4 cm³/mol. The van der Waals surface area contributed by atoms with Gasteiger partial charge in [-0.05, 0) is 18.6 Å². The number of nitrogens with zero attached hydrogens (tertiary/aromatic N) is 1. The topological polar surface area (TPSA) is 97.5 Å². The van der Waals surface area contributed by atoms with Crippen LogP contribution in [0.2, 0.25) is 0 Å². The summed E-state index contributed by atoms with van der Waals surface area (Å²) in [6.45, 7) is 1.36. The highest BCUT2D eigenvalue weighted by Crippen LogP contribution is 2.20. The van der Waals surface area contributed by atoms with Crippen LogP contribution in [0.4, 0.5) is 5.69 Å². The monoisotopic (exact) mass is 223 g/mol. The summed E-state index contributed by atoms with van der Waals surface area (Å²) >= 11 is 0. The van der Waals surface area contributed by atoms with Gasteiger partial charge in [0.25, 0.3) is 5.69 Å². The van der Waals surface area contributed by atoms with Gasteiger partial charge in [0.05, 0.1) is 4.92 Å². The highest BCUT2D eigenvalue weighted by molar-refractivity contribution is 5.92. The Morgan fingerprint density at radius 2 is 2.06 bits per heavy atom. The minimum Gasteiger partial charge on any atom is -0.477 e. The average molecular weight is 223 g/mol. The fourth-order valence-corrected chi connectivity index (χ4v) is 1.31. The van der Waals surface area contributed by atoms with E-state index in [0.717, 1.165) is 12.1 Å². The highest BCUT2D eigenvalue weighted by atomic mass is 16.6. The predicted octanol–water partition coefficient (Wildman–Crippen LogP) is 1.42. The Kier molecular flexibility index (Phi) is 3.34. The standard InChI is InChI=1S/C10H9NO5/c1-6(12)4-7-2-3-8(10(13)14)9(5-7)11(15)16/h2-3,5H,4H2,1H3,(H,13,14). The molecule has 0 heterocycles. The molecule has 1 N–H and O–H groups in total. The molecule has 0 aliphatic heterocycles. The van der Waals surface area contributed by atoms with Crippen LogP contribution in [-0.2, 0) is 11.2 Å². The number of aromatic carboxylic acids is 1. The number of carboxylic acid groups (broad SMARTS) is 1. The number of rotatable bonds is 4. The van der Waals surface area contributed by atoms with Gasteiger partial charge >= 0.3 is 5.97 Å². The van der Waals surface area contributed by atoms with Gasteiger partial charge in [0.1, 0.15) is 11.3 Å². The van der Waals surface area contributed by atoms with E-state index in [1.54, 1.807) is 0 Å². The van der Waals surface area contributed by atoms with Crippen LogP contribution in [0.3, 0.4) is 0 Å². The van der Waals surface area contributed by atoms with Crippen molar-refractivity contribution in [3.63, 3.8) is 0 Å². The van der Waals surface area contributed by atoms with Crippen molar-refractivity contribution in [1.82, 2.24) is 0 Å². The molecule has 0 radical (unpaired) electrons. The molecule has 1 aromatic carbocycles. The van der Waals surface area contributed by atoms with Crippen molar-refractivity contribution in [2.45, 2.75) is 13.3 Å². The second-order valence-corrected chi connectivity index (χ2v) is 3.29. The van der Waals surface area contributed by atoms with Crippen molar-refractivity contribution in [3.8, 4) is 0 Å². The molecule has 1 rings (SSSR count). The number of nitro groups is 1. The van der Waals surface area contributed by atoms with Crippen LogP contribution in [0.1, 0.15) is 22.8 Å². The van der Waals surface area contributed by atoms with E-state index in [1.807, 2.05) is 0 Å². The van der Waals surface area contributed by atoms with Crippen LogP contribution >= 0.6 is 0 Å². The van der Waals surface area contributed by atoms with Crippen LogP contribution in [0.5, 0.6) is 0 Å². The van der Waals surface area contributed by atoms with Gasteiger partial charge in [-0.2, -0.15) is 0 Å². The molecule has 0 fully saturated rings. The number of carboxylic acids is 1. The molecule has 0 bridgehead atoms. The maximum Gasteiger partial charge on any atom is 0.342 e. The van der Waals surface area contributed by atoms with Crippen LogP contribution in [0.25, 0.3) is 0 Å². The summed E-state index contributed by atoms with van der Waals surface area (Å²) in [5.74, 6) is -1.50. The van der Waals surface area contributed by atoms with E-state index in [1.165, 1.54) is 13.0 Å². The van der Waals surface area contributed by atoms with Crippen LogP contribution in [0.15, 0.2) is 18.2 Å². The average Bonchev–Trinajstić information content (AvgIpc) is 2.16. The van der Waals surface area contributed by atoms with E-state index < -0.39 is 16.6 Å². The quantitative estimate of drug-likeness (QED) is 0.614. The van der Waals surface area contributed by atoms with E-state index in [4.69, 9.17) is 5.11 Å². The lowest BCUT2D eigenvalue weighted by molar-refractivity contribution is -0.385. The smallest absolute Gasteiger partial charge is 0.342 e. The normalized spacial score (nSPS) is 9.81. The summed E-state index contributed by atoms with van der Waals surface area (Å²) in [4.78, 5) is 31.4. The van der Waals surface area contributed by atoms with Crippen molar-refractivity contribution in [1.29, 1.82) is 0 Å². The molecule has 84 valence electrons. The zero-order valence-corrected chi connectivity index (χ0v) is 8.47. The van der Waals surface area contributed by atoms with Crippen molar-refractivity contribution in [2.24, 2.45) is 0 Å². The minimum atomic E-state index is -1.36. The van der Waals surface area contributed by atoms with Gasteiger partial charge in [0, 0.05) is 12.5 Å². The Balaban J connectivity index is 3.22. The minimum absolute atomic E-state index is 0.0563. The highest BCUT2D eigenvalue weighted by Gasteiger charge is 2.20. The van der Waals surface area contributed by atoms with E-state index in [-0.39, 0.29) is 17.8 Å². The fourth-order valence-electron chi connectivity index (χ4n) is 1.31. The molecular weight excluding hydrogens is 214 g/mol. The van der Waals surface area contributed by atoms with E-state index in [9.17, 15) is 19.7 Å². The zero-order chi connectivity index (χ0) is 12.3. The number of Topliss-reactive ketones (excluding diaryl/α,β-unsaturated/α-hetero) is 1. The van der Waals surface area contributed by atoms with Gasteiger partial charge in [-0.15, -0.1) is 0 Å². The largest absolute Gasteiger partial charge is 0.477 e. The van der Waals surface area contributed by atoms with Gasteiger partial charge in [0.15, 0.2) is 0 Å². The van der Waals surface area contributed by atoms with Gasteiger partial charge < -0.3 is 5.11 Å². The maximum absolute atomic E-state index is 10.8. The lowest BCUT2D eigenvalue weighted by atomic mass is 10.1. The third-order valence-electron chi connectivity index (χ3n) is 1.94. The second kappa shape index (κ2) is 4.52. The first-order chi connectivity index (χ1) is 7.41. The molecule has 0 spiro atoms. The number of carbonyl (C=O) groups is 2. The summed E-state index contributed by atoms with van der Waals surface area (Å²) in [6.07, 6.45) is 0.0563. The zero-order valence-electron chi connectivity index (χ0n) is 8.47. The third kappa shape index (κ3) is 2.63. The molecule has 0 aliphatic rings. The first-order valence-electron chi connectivity index (χ1n) is 4.42. The molecule has 16 heavy (non-hydrogen) atoms.